The number of nitrogens with one attached hydrogen (secondary N) is 1. The number of allylic oxidation sites excluding steroid dienone is 8. The van der Waals surface area contributed by atoms with Gasteiger partial charge >= 0.3 is 5.97 Å². The summed E-state index contributed by atoms with van der Waals surface area (Å²) in [6.45, 7) is 5.90. The lowest BCUT2D eigenvalue weighted by Gasteiger charge is -2.23. The molecule has 0 bridgehead atoms. The number of hydrogen-bond acceptors (Lipinski definition) is 5. The van der Waals surface area contributed by atoms with Crippen molar-refractivity contribution in [3.05, 3.63) is 48.6 Å². The first kappa shape index (κ1) is 48.3. The van der Waals surface area contributed by atoms with E-state index in [0.29, 0.717) is 39.0 Å². The molecule has 1 aliphatic heterocycles. The third kappa shape index (κ3) is 28.4. The molecule has 1 heterocycles. The van der Waals surface area contributed by atoms with Gasteiger partial charge in [0.25, 0.3) is 0 Å². The van der Waals surface area contributed by atoms with Crippen LogP contribution in [-0.4, -0.2) is 73.5 Å². The standard InChI is InChI=1S/C46H81N3O4/c1-5-7-9-11-13-15-17-19-21-23-25-27-29-31-33-35-39-53-46(52)43-40-42(47-44(50)37-38-48(3)4)41-49(43)45(51)36-34-32-30-28-26-24-22-20-18-16-14-12-10-8-6-2/h13-16,19-22,42-43H,5-12,17-18,23-41H2,1-4H3,(H,47,50)/b15-13-,16-14-,21-19-,22-20-/t42-,43+/m1/s1. The maximum atomic E-state index is 13.4. The SMILES string of the molecule is CCCCC/C=C\C/C=C\CCCCCCCCOC(=O)[C@@H]1C[C@@H](NC(=O)CCN(C)C)CN1C(=O)CCCCCCC/C=C\C/C=C\CCCCC. The molecule has 0 aromatic carbocycles. The maximum absolute atomic E-state index is 13.4. The Morgan fingerprint density at radius 1 is 0.623 bits per heavy atom. The van der Waals surface area contributed by atoms with Gasteiger partial charge in [-0.25, -0.2) is 4.79 Å². The Kier molecular flexibility index (Phi) is 32.0. The molecule has 2 atom stereocenters. The summed E-state index contributed by atoms with van der Waals surface area (Å²) in [6, 6.07) is -0.846. The Hall–Kier alpha value is -2.67. The lowest BCUT2D eigenvalue weighted by molar-refractivity contribution is -0.153. The van der Waals surface area contributed by atoms with Crippen LogP contribution in [0.25, 0.3) is 0 Å². The highest BCUT2D eigenvalue weighted by Crippen LogP contribution is 2.22. The Bertz CT molecular complexity index is 1030. The lowest BCUT2D eigenvalue weighted by atomic mass is 10.1. The van der Waals surface area contributed by atoms with Crippen LogP contribution in [0.15, 0.2) is 48.6 Å². The van der Waals surface area contributed by atoms with Gasteiger partial charge < -0.3 is 19.9 Å². The van der Waals surface area contributed by atoms with Crippen molar-refractivity contribution in [2.75, 3.05) is 33.8 Å². The number of rotatable bonds is 34. The molecule has 2 amide bonds. The van der Waals surface area contributed by atoms with Crippen LogP contribution in [-0.2, 0) is 19.1 Å². The number of nitrogens with zero attached hydrogens (tertiary/aromatic N) is 2. The van der Waals surface area contributed by atoms with E-state index in [4.69, 9.17) is 4.74 Å². The van der Waals surface area contributed by atoms with Crippen LogP contribution in [0.2, 0.25) is 0 Å². The van der Waals surface area contributed by atoms with Gasteiger partial charge in [-0.05, 0) is 91.1 Å². The molecule has 1 N–H and O–H groups in total. The molecule has 0 radical (unpaired) electrons. The van der Waals surface area contributed by atoms with Gasteiger partial charge in [0.2, 0.25) is 11.8 Å². The molecule has 0 spiro atoms. The fourth-order valence-electron chi connectivity index (χ4n) is 6.66. The summed E-state index contributed by atoms with van der Waals surface area (Å²) >= 11 is 0. The third-order valence-electron chi connectivity index (χ3n) is 9.98. The van der Waals surface area contributed by atoms with E-state index in [1.165, 1.54) is 83.5 Å². The van der Waals surface area contributed by atoms with E-state index in [-0.39, 0.29) is 23.8 Å². The second-order valence-corrected chi connectivity index (χ2v) is 15.3. The van der Waals surface area contributed by atoms with Gasteiger partial charge in [0.1, 0.15) is 6.04 Å². The predicted molar refractivity (Wildman–Crippen MR) is 225 cm³/mol. The highest BCUT2D eigenvalue weighted by atomic mass is 16.5. The summed E-state index contributed by atoms with van der Waals surface area (Å²) in [5.74, 6) is -0.373. The summed E-state index contributed by atoms with van der Waals surface area (Å²) in [5.41, 5.74) is 0. The molecule has 0 aliphatic carbocycles. The summed E-state index contributed by atoms with van der Waals surface area (Å²) in [7, 11) is 3.88. The van der Waals surface area contributed by atoms with E-state index in [2.05, 4.69) is 67.8 Å². The molecular weight excluding hydrogens is 659 g/mol. The van der Waals surface area contributed by atoms with Gasteiger partial charge in [-0.15, -0.1) is 0 Å². The second kappa shape index (κ2) is 35.1. The highest BCUT2D eigenvalue weighted by molar-refractivity contribution is 5.86. The van der Waals surface area contributed by atoms with E-state index >= 15 is 0 Å². The number of hydrogen-bond donors (Lipinski definition) is 1. The molecule has 53 heavy (non-hydrogen) atoms. The Labute approximate surface area is 326 Å². The summed E-state index contributed by atoms with van der Waals surface area (Å²) in [6.07, 6.45) is 46.0. The van der Waals surface area contributed by atoms with Crippen molar-refractivity contribution < 1.29 is 19.1 Å². The molecule has 304 valence electrons. The molecule has 0 saturated carbocycles. The fraction of sp³-hybridized carbons (Fsp3) is 0.761. The number of carbonyl (C=O) groups excluding carboxylic acids is 3. The topological polar surface area (TPSA) is 79.0 Å². The number of likely N-dealkylation sites (tertiary alicyclic amines) is 1. The Balaban J connectivity index is 2.33. The number of carbonyl (C=O) groups is 3. The van der Waals surface area contributed by atoms with Gasteiger partial charge in [0, 0.05) is 38.4 Å². The minimum atomic E-state index is -0.621. The Morgan fingerprint density at radius 3 is 1.60 bits per heavy atom. The van der Waals surface area contributed by atoms with Crippen molar-refractivity contribution in [2.24, 2.45) is 0 Å². The zero-order valence-electron chi connectivity index (χ0n) is 34.8. The van der Waals surface area contributed by atoms with Gasteiger partial charge in [0.15, 0.2) is 0 Å². The molecular formula is C46H81N3O4. The zero-order chi connectivity index (χ0) is 38.6. The third-order valence-corrected chi connectivity index (χ3v) is 9.98. The van der Waals surface area contributed by atoms with Crippen LogP contribution in [0, 0.1) is 0 Å². The van der Waals surface area contributed by atoms with E-state index in [0.717, 1.165) is 64.2 Å². The molecule has 0 unspecified atom stereocenters. The van der Waals surface area contributed by atoms with Crippen LogP contribution < -0.4 is 5.32 Å². The van der Waals surface area contributed by atoms with Crippen LogP contribution >= 0.6 is 0 Å². The number of unbranched alkanes of at least 4 members (excludes halogenated alkanes) is 17. The van der Waals surface area contributed by atoms with Crippen molar-refractivity contribution >= 4 is 17.8 Å². The first-order chi connectivity index (χ1) is 25.9. The van der Waals surface area contributed by atoms with E-state index in [9.17, 15) is 14.4 Å². The predicted octanol–water partition coefficient (Wildman–Crippen LogP) is 11.2. The molecule has 7 heteroatoms. The quantitative estimate of drug-likeness (QED) is 0.0404. The minimum absolute atomic E-state index is 0.00334. The van der Waals surface area contributed by atoms with E-state index in [1.54, 1.807) is 4.90 Å². The van der Waals surface area contributed by atoms with Crippen molar-refractivity contribution in [1.29, 1.82) is 0 Å². The largest absolute Gasteiger partial charge is 0.464 e. The van der Waals surface area contributed by atoms with Crippen molar-refractivity contribution in [3.63, 3.8) is 0 Å². The number of ether oxygens (including phenoxy) is 1. The summed E-state index contributed by atoms with van der Waals surface area (Å²) < 4.78 is 5.71. The van der Waals surface area contributed by atoms with Gasteiger partial charge in [-0.2, -0.15) is 0 Å². The molecule has 1 rings (SSSR count). The average molecular weight is 740 g/mol. The average Bonchev–Trinajstić information content (AvgIpc) is 3.57. The van der Waals surface area contributed by atoms with Crippen molar-refractivity contribution in [1.82, 2.24) is 15.1 Å². The smallest absolute Gasteiger partial charge is 0.328 e. The van der Waals surface area contributed by atoms with Gasteiger partial charge in [-0.1, -0.05) is 133 Å². The van der Waals surface area contributed by atoms with Crippen LogP contribution in [0.5, 0.6) is 0 Å². The molecule has 1 aliphatic rings. The van der Waals surface area contributed by atoms with Crippen molar-refractivity contribution in [3.8, 4) is 0 Å². The molecule has 1 saturated heterocycles. The van der Waals surface area contributed by atoms with Crippen LogP contribution in [0.1, 0.15) is 181 Å². The fourth-order valence-corrected chi connectivity index (χ4v) is 6.66. The first-order valence-electron chi connectivity index (χ1n) is 21.9. The van der Waals surface area contributed by atoms with Crippen LogP contribution in [0.4, 0.5) is 0 Å². The summed E-state index contributed by atoms with van der Waals surface area (Å²) in [5, 5.41) is 3.07. The zero-order valence-corrected chi connectivity index (χ0v) is 34.8. The van der Waals surface area contributed by atoms with Crippen molar-refractivity contribution in [2.45, 2.75) is 193 Å². The number of esters is 1. The number of amides is 2. The Morgan fingerprint density at radius 2 is 1.09 bits per heavy atom. The van der Waals surface area contributed by atoms with Gasteiger partial charge in [0.05, 0.1) is 6.61 Å². The second-order valence-electron chi connectivity index (χ2n) is 15.3. The molecule has 1 fully saturated rings. The molecule has 0 aromatic rings. The molecule has 0 aromatic heterocycles. The summed E-state index contributed by atoms with van der Waals surface area (Å²) in [4.78, 5) is 42.8. The van der Waals surface area contributed by atoms with E-state index < -0.39 is 6.04 Å². The highest BCUT2D eigenvalue weighted by Gasteiger charge is 2.40. The van der Waals surface area contributed by atoms with Gasteiger partial charge in [-0.3, -0.25) is 9.59 Å². The van der Waals surface area contributed by atoms with E-state index in [1.807, 2.05) is 19.0 Å². The molecule has 7 nitrogen and oxygen atoms in total. The minimum Gasteiger partial charge on any atom is -0.464 e. The normalized spacial score (nSPS) is 16.4. The lowest BCUT2D eigenvalue weighted by Crippen LogP contribution is -2.42. The van der Waals surface area contributed by atoms with Crippen LogP contribution in [0.3, 0.4) is 0 Å². The monoisotopic (exact) mass is 740 g/mol. The first-order valence-corrected chi connectivity index (χ1v) is 21.9. The maximum Gasteiger partial charge on any atom is 0.328 e.